The molecule has 1 aromatic heterocycles. The lowest BCUT2D eigenvalue weighted by atomic mass is 10.2. The highest BCUT2D eigenvalue weighted by molar-refractivity contribution is 5.29. The standard InChI is InChI=1S/C20H28N2O/c1-5-11-21(14-17(2)3)16-19-9-7-12-22(19)15-18-8-6-10-20(13-18)23-4/h5-10,12-13,17H,1,11,14-16H2,2-4H3. The Kier molecular flexibility index (Phi) is 6.48. The summed E-state index contributed by atoms with van der Waals surface area (Å²) >= 11 is 0. The summed E-state index contributed by atoms with van der Waals surface area (Å²) < 4.78 is 7.63. The van der Waals surface area contributed by atoms with E-state index in [0.717, 1.165) is 31.9 Å². The fourth-order valence-electron chi connectivity index (χ4n) is 2.85. The largest absolute Gasteiger partial charge is 0.497 e. The second kappa shape index (κ2) is 8.59. The van der Waals surface area contributed by atoms with Crippen molar-refractivity contribution in [1.29, 1.82) is 0 Å². The summed E-state index contributed by atoms with van der Waals surface area (Å²) in [7, 11) is 1.71. The number of hydrogen-bond donors (Lipinski definition) is 0. The highest BCUT2D eigenvalue weighted by atomic mass is 16.5. The number of nitrogens with zero attached hydrogens (tertiary/aromatic N) is 2. The van der Waals surface area contributed by atoms with Gasteiger partial charge in [0.2, 0.25) is 0 Å². The molecule has 0 bridgehead atoms. The van der Waals surface area contributed by atoms with E-state index in [1.165, 1.54) is 11.3 Å². The number of benzene rings is 1. The molecule has 2 rings (SSSR count). The van der Waals surface area contributed by atoms with Crippen LogP contribution in [0.25, 0.3) is 0 Å². The van der Waals surface area contributed by atoms with Crippen LogP contribution in [0.2, 0.25) is 0 Å². The van der Waals surface area contributed by atoms with Gasteiger partial charge in [-0.3, -0.25) is 4.90 Å². The first-order chi connectivity index (χ1) is 11.1. The molecule has 0 N–H and O–H groups in total. The van der Waals surface area contributed by atoms with E-state index in [-0.39, 0.29) is 0 Å². The molecule has 0 aliphatic rings. The summed E-state index contributed by atoms with van der Waals surface area (Å²) in [4.78, 5) is 2.44. The van der Waals surface area contributed by atoms with Crippen LogP contribution in [0.1, 0.15) is 25.1 Å². The van der Waals surface area contributed by atoms with Gasteiger partial charge >= 0.3 is 0 Å². The van der Waals surface area contributed by atoms with Gasteiger partial charge in [0.05, 0.1) is 7.11 Å². The Hall–Kier alpha value is -2.00. The van der Waals surface area contributed by atoms with Gasteiger partial charge < -0.3 is 9.30 Å². The summed E-state index contributed by atoms with van der Waals surface area (Å²) in [5, 5.41) is 0. The van der Waals surface area contributed by atoms with Crippen LogP contribution >= 0.6 is 0 Å². The van der Waals surface area contributed by atoms with Gasteiger partial charge in [-0.1, -0.05) is 32.1 Å². The normalized spacial score (nSPS) is 11.2. The minimum absolute atomic E-state index is 0.650. The predicted octanol–water partition coefficient (Wildman–Crippen LogP) is 4.19. The molecule has 0 amide bonds. The molecular weight excluding hydrogens is 284 g/mol. The lowest BCUT2D eigenvalue weighted by molar-refractivity contribution is 0.255. The molecule has 0 spiro atoms. The summed E-state index contributed by atoms with van der Waals surface area (Å²) in [6.07, 6.45) is 4.13. The van der Waals surface area contributed by atoms with Crippen LogP contribution in [0.15, 0.2) is 55.3 Å². The molecule has 2 aromatic rings. The zero-order valence-corrected chi connectivity index (χ0v) is 14.5. The zero-order valence-electron chi connectivity index (χ0n) is 14.5. The van der Waals surface area contributed by atoms with Gasteiger partial charge in [0.1, 0.15) is 5.75 Å². The second-order valence-electron chi connectivity index (χ2n) is 6.36. The third-order valence-electron chi connectivity index (χ3n) is 3.81. The zero-order chi connectivity index (χ0) is 16.7. The Morgan fingerprint density at radius 3 is 2.78 bits per heavy atom. The molecule has 3 heteroatoms. The topological polar surface area (TPSA) is 17.4 Å². The van der Waals surface area contributed by atoms with Crippen molar-refractivity contribution in [2.45, 2.75) is 26.9 Å². The van der Waals surface area contributed by atoms with Crippen molar-refractivity contribution in [3.8, 4) is 5.75 Å². The van der Waals surface area contributed by atoms with Crippen LogP contribution < -0.4 is 4.74 Å². The van der Waals surface area contributed by atoms with Crippen LogP contribution in [-0.4, -0.2) is 29.7 Å². The third kappa shape index (κ3) is 5.29. The molecule has 0 fully saturated rings. The van der Waals surface area contributed by atoms with Gasteiger partial charge in [-0.25, -0.2) is 0 Å². The molecule has 23 heavy (non-hydrogen) atoms. The van der Waals surface area contributed by atoms with Crippen molar-refractivity contribution in [2.24, 2.45) is 5.92 Å². The number of methoxy groups -OCH3 is 1. The van der Waals surface area contributed by atoms with E-state index < -0.39 is 0 Å². The lowest BCUT2D eigenvalue weighted by Gasteiger charge is -2.23. The quantitative estimate of drug-likeness (QED) is 0.646. The molecule has 0 radical (unpaired) electrons. The van der Waals surface area contributed by atoms with Crippen molar-refractivity contribution >= 4 is 0 Å². The summed E-state index contributed by atoms with van der Waals surface area (Å²) in [5.41, 5.74) is 2.58. The van der Waals surface area contributed by atoms with Gasteiger partial charge in [0.15, 0.2) is 0 Å². The summed E-state index contributed by atoms with van der Waals surface area (Å²) in [6.45, 7) is 12.2. The minimum Gasteiger partial charge on any atom is -0.497 e. The van der Waals surface area contributed by atoms with E-state index in [0.29, 0.717) is 5.92 Å². The van der Waals surface area contributed by atoms with Crippen LogP contribution in [-0.2, 0) is 13.1 Å². The monoisotopic (exact) mass is 312 g/mol. The van der Waals surface area contributed by atoms with E-state index in [4.69, 9.17) is 4.74 Å². The second-order valence-corrected chi connectivity index (χ2v) is 6.36. The molecule has 0 saturated heterocycles. The first kappa shape index (κ1) is 17.4. The van der Waals surface area contributed by atoms with E-state index >= 15 is 0 Å². The Labute approximate surface area is 140 Å². The van der Waals surface area contributed by atoms with Gasteiger partial charge in [-0.2, -0.15) is 0 Å². The van der Waals surface area contributed by atoms with Crippen LogP contribution in [0.4, 0.5) is 0 Å². The highest BCUT2D eigenvalue weighted by Gasteiger charge is 2.10. The first-order valence-corrected chi connectivity index (χ1v) is 8.22. The SMILES string of the molecule is C=CCN(Cc1cccn1Cc1cccc(OC)c1)CC(C)C. The van der Waals surface area contributed by atoms with Gasteiger partial charge in [-0.05, 0) is 35.7 Å². The maximum Gasteiger partial charge on any atom is 0.119 e. The summed E-state index contributed by atoms with van der Waals surface area (Å²) in [5.74, 6) is 1.56. The Morgan fingerprint density at radius 1 is 1.26 bits per heavy atom. The number of aromatic nitrogens is 1. The number of ether oxygens (including phenoxy) is 1. The van der Waals surface area contributed by atoms with Gasteiger partial charge in [0.25, 0.3) is 0 Å². The molecule has 1 heterocycles. The Balaban J connectivity index is 2.10. The van der Waals surface area contributed by atoms with Crippen LogP contribution in [0, 0.1) is 5.92 Å². The number of hydrogen-bond acceptors (Lipinski definition) is 2. The Morgan fingerprint density at radius 2 is 2.09 bits per heavy atom. The highest BCUT2D eigenvalue weighted by Crippen LogP contribution is 2.16. The molecule has 124 valence electrons. The summed E-state index contributed by atoms with van der Waals surface area (Å²) in [6, 6.07) is 12.6. The molecule has 3 nitrogen and oxygen atoms in total. The van der Waals surface area contributed by atoms with Crippen molar-refractivity contribution in [3.63, 3.8) is 0 Å². The van der Waals surface area contributed by atoms with E-state index in [1.807, 2.05) is 18.2 Å². The molecule has 0 saturated carbocycles. The molecule has 0 aliphatic carbocycles. The van der Waals surface area contributed by atoms with E-state index in [2.05, 4.69) is 60.4 Å². The predicted molar refractivity (Wildman–Crippen MR) is 96.8 cm³/mol. The van der Waals surface area contributed by atoms with Crippen molar-refractivity contribution in [2.75, 3.05) is 20.2 Å². The molecule has 0 unspecified atom stereocenters. The molecule has 0 aliphatic heterocycles. The van der Waals surface area contributed by atoms with E-state index in [9.17, 15) is 0 Å². The van der Waals surface area contributed by atoms with Gasteiger partial charge in [0, 0.05) is 38.1 Å². The first-order valence-electron chi connectivity index (χ1n) is 8.22. The fraction of sp³-hybridized carbons (Fsp3) is 0.400. The smallest absolute Gasteiger partial charge is 0.119 e. The third-order valence-corrected chi connectivity index (χ3v) is 3.81. The fourth-order valence-corrected chi connectivity index (χ4v) is 2.85. The lowest BCUT2D eigenvalue weighted by Crippen LogP contribution is -2.28. The maximum atomic E-state index is 5.32. The van der Waals surface area contributed by atoms with Gasteiger partial charge in [-0.15, -0.1) is 6.58 Å². The van der Waals surface area contributed by atoms with E-state index in [1.54, 1.807) is 7.11 Å². The van der Waals surface area contributed by atoms with Crippen molar-refractivity contribution < 1.29 is 4.74 Å². The minimum atomic E-state index is 0.650. The van der Waals surface area contributed by atoms with Crippen LogP contribution in [0.5, 0.6) is 5.75 Å². The van der Waals surface area contributed by atoms with Crippen molar-refractivity contribution in [3.05, 3.63) is 66.5 Å². The number of rotatable bonds is 9. The molecular formula is C20H28N2O. The van der Waals surface area contributed by atoms with Crippen LogP contribution in [0.3, 0.4) is 0 Å². The average molecular weight is 312 g/mol. The average Bonchev–Trinajstić information content (AvgIpc) is 2.94. The molecule has 0 atom stereocenters. The Bertz CT molecular complexity index is 616. The maximum absolute atomic E-state index is 5.32. The molecule has 1 aromatic carbocycles. The van der Waals surface area contributed by atoms with Crippen molar-refractivity contribution in [1.82, 2.24) is 9.47 Å².